The van der Waals surface area contributed by atoms with Crippen LogP contribution in [-0.4, -0.2) is 30.8 Å². The molecule has 0 fully saturated rings. The molecule has 9 heteroatoms. The highest BCUT2D eigenvalue weighted by Crippen LogP contribution is 2.39. The third kappa shape index (κ3) is 5.11. The lowest BCUT2D eigenvalue weighted by atomic mass is 10.1. The van der Waals surface area contributed by atoms with Gasteiger partial charge in [0, 0.05) is 12.6 Å². The van der Waals surface area contributed by atoms with Crippen molar-refractivity contribution in [3.8, 4) is 0 Å². The standard InChI is InChI=1S/C9H14F6N2O/c1-2-3-5(4-16)17-7(18)6(8(10,11)12)9(13,14)15/h5-6H,2-4,16H2,1H3,(H,17,18). The number of halogens is 6. The quantitative estimate of drug-likeness (QED) is 0.756. The van der Waals surface area contributed by atoms with Crippen molar-refractivity contribution in [3.05, 3.63) is 0 Å². The van der Waals surface area contributed by atoms with Crippen molar-refractivity contribution in [2.24, 2.45) is 11.7 Å². The predicted molar refractivity (Wildman–Crippen MR) is 51.5 cm³/mol. The van der Waals surface area contributed by atoms with Crippen LogP contribution in [0.15, 0.2) is 0 Å². The maximum Gasteiger partial charge on any atom is 0.409 e. The monoisotopic (exact) mass is 280 g/mol. The van der Waals surface area contributed by atoms with Crippen molar-refractivity contribution in [2.75, 3.05) is 6.54 Å². The van der Waals surface area contributed by atoms with Crippen LogP contribution in [0.5, 0.6) is 0 Å². The van der Waals surface area contributed by atoms with Gasteiger partial charge in [-0.15, -0.1) is 0 Å². The fourth-order valence-electron chi connectivity index (χ4n) is 1.36. The number of alkyl halides is 6. The zero-order chi connectivity index (χ0) is 14.6. The molecule has 3 nitrogen and oxygen atoms in total. The highest BCUT2D eigenvalue weighted by atomic mass is 19.4. The summed E-state index contributed by atoms with van der Waals surface area (Å²) in [4.78, 5) is 11.1. The lowest BCUT2D eigenvalue weighted by Crippen LogP contribution is -2.51. The molecule has 0 bridgehead atoms. The van der Waals surface area contributed by atoms with Gasteiger partial charge in [0.25, 0.3) is 0 Å². The normalized spacial score (nSPS) is 14.7. The van der Waals surface area contributed by atoms with Crippen LogP contribution in [0.4, 0.5) is 26.3 Å². The molecule has 0 aromatic heterocycles. The summed E-state index contributed by atoms with van der Waals surface area (Å²) in [6, 6.07) is -0.894. The second kappa shape index (κ2) is 6.26. The van der Waals surface area contributed by atoms with Gasteiger partial charge in [-0.05, 0) is 6.42 Å². The molecule has 0 aliphatic rings. The highest BCUT2D eigenvalue weighted by Gasteiger charge is 2.61. The van der Waals surface area contributed by atoms with Gasteiger partial charge in [0.2, 0.25) is 11.8 Å². The van der Waals surface area contributed by atoms with Gasteiger partial charge in [-0.2, -0.15) is 26.3 Å². The minimum absolute atomic E-state index is 0.213. The minimum Gasteiger partial charge on any atom is -0.351 e. The molecule has 1 unspecified atom stereocenters. The number of hydrogen-bond donors (Lipinski definition) is 2. The molecule has 0 saturated carbocycles. The Balaban J connectivity index is 4.89. The first kappa shape index (κ1) is 17.0. The number of nitrogens with one attached hydrogen (secondary N) is 1. The molecule has 1 amide bonds. The van der Waals surface area contributed by atoms with Crippen LogP contribution < -0.4 is 11.1 Å². The average molecular weight is 280 g/mol. The van der Waals surface area contributed by atoms with E-state index in [0.29, 0.717) is 6.42 Å². The summed E-state index contributed by atoms with van der Waals surface area (Å²) in [5.41, 5.74) is 5.15. The first-order chi connectivity index (χ1) is 8.04. The predicted octanol–water partition coefficient (Wildman–Crippen LogP) is 1.97. The first-order valence-corrected chi connectivity index (χ1v) is 5.17. The molecule has 0 aromatic carbocycles. The summed E-state index contributed by atoms with van der Waals surface area (Å²) in [7, 11) is 0. The van der Waals surface area contributed by atoms with Crippen LogP contribution in [0, 0.1) is 5.92 Å². The second-order valence-corrected chi connectivity index (χ2v) is 3.75. The highest BCUT2D eigenvalue weighted by molar-refractivity contribution is 5.80. The molecule has 0 heterocycles. The van der Waals surface area contributed by atoms with Crippen LogP contribution in [0.2, 0.25) is 0 Å². The maximum atomic E-state index is 12.2. The van der Waals surface area contributed by atoms with Crippen molar-refractivity contribution in [3.63, 3.8) is 0 Å². The SMILES string of the molecule is CCCC(CN)NC(=O)C(C(F)(F)F)C(F)(F)F. The number of rotatable bonds is 5. The van der Waals surface area contributed by atoms with Gasteiger partial charge in [0.05, 0.1) is 0 Å². The summed E-state index contributed by atoms with van der Waals surface area (Å²) in [5.74, 6) is -6.13. The Morgan fingerprint density at radius 1 is 1.17 bits per heavy atom. The van der Waals surface area contributed by atoms with E-state index in [-0.39, 0.29) is 13.0 Å². The summed E-state index contributed by atoms with van der Waals surface area (Å²) >= 11 is 0. The summed E-state index contributed by atoms with van der Waals surface area (Å²) < 4.78 is 73.2. The van der Waals surface area contributed by atoms with Crippen molar-refractivity contribution in [1.82, 2.24) is 5.32 Å². The Bertz CT molecular complexity index is 261. The topological polar surface area (TPSA) is 55.1 Å². The van der Waals surface area contributed by atoms with Crippen LogP contribution in [0.25, 0.3) is 0 Å². The third-order valence-electron chi connectivity index (χ3n) is 2.18. The van der Waals surface area contributed by atoms with Gasteiger partial charge in [-0.3, -0.25) is 4.79 Å². The number of nitrogens with two attached hydrogens (primary N) is 1. The van der Waals surface area contributed by atoms with E-state index in [2.05, 4.69) is 0 Å². The van der Waals surface area contributed by atoms with Gasteiger partial charge in [0.1, 0.15) is 0 Å². The average Bonchev–Trinajstić information content (AvgIpc) is 2.11. The zero-order valence-corrected chi connectivity index (χ0v) is 9.53. The molecule has 1 atom stereocenters. The van der Waals surface area contributed by atoms with Gasteiger partial charge in [0.15, 0.2) is 0 Å². The van der Waals surface area contributed by atoms with Gasteiger partial charge in [-0.1, -0.05) is 13.3 Å². The van der Waals surface area contributed by atoms with E-state index in [1.807, 2.05) is 0 Å². The van der Waals surface area contributed by atoms with Crippen molar-refractivity contribution < 1.29 is 31.1 Å². The molecule has 0 spiro atoms. The van der Waals surface area contributed by atoms with Crippen molar-refractivity contribution in [1.29, 1.82) is 0 Å². The van der Waals surface area contributed by atoms with Crippen molar-refractivity contribution in [2.45, 2.75) is 38.2 Å². The molecule has 0 radical (unpaired) electrons. The van der Waals surface area contributed by atoms with E-state index in [4.69, 9.17) is 5.73 Å². The number of carbonyl (C=O) groups excluding carboxylic acids is 1. The fraction of sp³-hybridized carbons (Fsp3) is 0.889. The van der Waals surface area contributed by atoms with E-state index in [9.17, 15) is 31.1 Å². The Kier molecular flexibility index (Phi) is 5.91. The van der Waals surface area contributed by atoms with E-state index in [0.717, 1.165) is 0 Å². The van der Waals surface area contributed by atoms with Crippen LogP contribution in [0.3, 0.4) is 0 Å². The molecular formula is C9H14F6N2O. The first-order valence-electron chi connectivity index (χ1n) is 5.17. The van der Waals surface area contributed by atoms with E-state index in [1.165, 1.54) is 0 Å². The van der Waals surface area contributed by atoms with E-state index in [1.54, 1.807) is 12.2 Å². The summed E-state index contributed by atoms with van der Waals surface area (Å²) in [5, 5.41) is 1.68. The van der Waals surface area contributed by atoms with Crippen LogP contribution >= 0.6 is 0 Å². The molecule has 0 aromatic rings. The lowest BCUT2D eigenvalue weighted by Gasteiger charge is -2.24. The molecule has 0 rings (SSSR count). The Labute approximate surface area is 99.7 Å². The minimum atomic E-state index is -5.67. The second-order valence-electron chi connectivity index (χ2n) is 3.75. The van der Waals surface area contributed by atoms with E-state index >= 15 is 0 Å². The Hall–Kier alpha value is -0.990. The molecule has 0 aliphatic heterocycles. The molecule has 0 saturated heterocycles. The van der Waals surface area contributed by atoms with Gasteiger partial charge >= 0.3 is 12.4 Å². The van der Waals surface area contributed by atoms with Crippen molar-refractivity contribution >= 4 is 5.91 Å². The van der Waals surface area contributed by atoms with Crippen LogP contribution in [0.1, 0.15) is 19.8 Å². The Morgan fingerprint density at radius 2 is 1.61 bits per heavy atom. The maximum absolute atomic E-state index is 12.2. The van der Waals surface area contributed by atoms with Crippen LogP contribution in [-0.2, 0) is 4.79 Å². The number of carbonyl (C=O) groups is 1. The largest absolute Gasteiger partial charge is 0.409 e. The molecular weight excluding hydrogens is 266 g/mol. The summed E-state index contributed by atoms with van der Waals surface area (Å²) in [6.45, 7) is 1.45. The Morgan fingerprint density at radius 3 is 1.89 bits per heavy atom. The molecule has 0 aliphatic carbocycles. The third-order valence-corrected chi connectivity index (χ3v) is 2.18. The van der Waals surface area contributed by atoms with E-state index < -0.39 is 30.2 Å². The molecule has 108 valence electrons. The summed E-state index contributed by atoms with van der Waals surface area (Å²) in [6.07, 6.45) is -10.7. The van der Waals surface area contributed by atoms with Gasteiger partial charge in [-0.25, -0.2) is 0 Å². The molecule has 18 heavy (non-hydrogen) atoms. The smallest absolute Gasteiger partial charge is 0.351 e. The zero-order valence-electron chi connectivity index (χ0n) is 9.53. The lowest BCUT2D eigenvalue weighted by molar-refractivity contribution is -0.274. The molecule has 3 N–H and O–H groups in total. The van der Waals surface area contributed by atoms with Gasteiger partial charge < -0.3 is 11.1 Å². The number of amides is 1. The fourth-order valence-corrected chi connectivity index (χ4v) is 1.36. The number of hydrogen-bond acceptors (Lipinski definition) is 2.